The zero-order valence-corrected chi connectivity index (χ0v) is 21.5. The number of guanidine groups is 1. The Labute approximate surface area is 220 Å². The lowest BCUT2D eigenvalue weighted by Gasteiger charge is -2.19. The highest BCUT2D eigenvalue weighted by Crippen LogP contribution is 2.27. The number of nitrogens with zero attached hydrogens (tertiary/aromatic N) is 1. The average Bonchev–Trinajstić information content (AvgIpc) is 2.91. The maximum absolute atomic E-state index is 14.0. The van der Waals surface area contributed by atoms with Gasteiger partial charge in [-0.3, -0.25) is 9.59 Å². The lowest BCUT2D eigenvalue weighted by atomic mass is 10.1. The predicted octanol–water partition coefficient (Wildman–Crippen LogP) is 2.75. The molecular weight excluding hydrogens is 491 g/mol. The van der Waals surface area contributed by atoms with Gasteiger partial charge in [-0.2, -0.15) is 4.99 Å². The Balaban J connectivity index is 1.69. The van der Waals surface area contributed by atoms with E-state index >= 15 is 0 Å². The van der Waals surface area contributed by atoms with Crippen molar-refractivity contribution in [2.24, 2.45) is 10.7 Å². The zero-order valence-electron chi connectivity index (χ0n) is 21.5. The second kappa shape index (κ2) is 13.6. The molecule has 38 heavy (non-hydrogen) atoms. The molecule has 2 amide bonds. The molecule has 0 radical (unpaired) electrons. The summed E-state index contributed by atoms with van der Waals surface area (Å²) in [4.78, 5) is 29.5. The van der Waals surface area contributed by atoms with E-state index in [2.05, 4.69) is 15.6 Å². The molecule has 0 aliphatic carbocycles. The fourth-order valence-corrected chi connectivity index (χ4v) is 3.74. The number of carbonyl (C=O) groups is 2. The largest absolute Gasteiger partial charge is 0.494 e. The SMILES string of the molecule is COc1ccc(CNC(=O)C(Cc2ccccc2)NC(N)=NC(=O)Cc2ccc(OC)c(OC)c2)cc1F. The Morgan fingerprint density at radius 3 is 2.18 bits per heavy atom. The molecule has 9 nitrogen and oxygen atoms in total. The Kier molecular flexibility index (Phi) is 10.0. The van der Waals surface area contributed by atoms with Gasteiger partial charge in [0.05, 0.1) is 27.8 Å². The summed E-state index contributed by atoms with van der Waals surface area (Å²) < 4.78 is 29.4. The molecule has 0 bridgehead atoms. The van der Waals surface area contributed by atoms with E-state index in [-0.39, 0.29) is 31.1 Å². The van der Waals surface area contributed by atoms with Crippen LogP contribution in [-0.2, 0) is 29.0 Å². The van der Waals surface area contributed by atoms with E-state index in [1.54, 1.807) is 24.3 Å². The lowest BCUT2D eigenvalue weighted by Crippen LogP contribution is -2.50. The molecule has 4 N–H and O–H groups in total. The molecule has 0 fully saturated rings. The Bertz CT molecular complexity index is 1280. The van der Waals surface area contributed by atoms with E-state index < -0.39 is 23.7 Å². The van der Waals surface area contributed by atoms with Gasteiger partial charge in [0.15, 0.2) is 29.0 Å². The fraction of sp³-hybridized carbons (Fsp3) is 0.250. The van der Waals surface area contributed by atoms with E-state index in [1.165, 1.54) is 33.5 Å². The van der Waals surface area contributed by atoms with E-state index in [0.717, 1.165) is 5.56 Å². The van der Waals surface area contributed by atoms with Crippen LogP contribution in [0, 0.1) is 5.82 Å². The van der Waals surface area contributed by atoms with Crippen LogP contribution in [0.1, 0.15) is 16.7 Å². The van der Waals surface area contributed by atoms with Crippen LogP contribution in [-0.4, -0.2) is 45.1 Å². The van der Waals surface area contributed by atoms with Crippen LogP contribution in [0.5, 0.6) is 17.2 Å². The van der Waals surface area contributed by atoms with Crippen LogP contribution in [0.25, 0.3) is 0 Å². The van der Waals surface area contributed by atoms with Gasteiger partial charge in [-0.1, -0.05) is 42.5 Å². The number of carbonyl (C=O) groups excluding carboxylic acids is 2. The van der Waals surface area contributed by atoms with Crippen molar-refractivity contribution in [1.82, 2.24) is 10.6 Å². The van der Waals surface area contributed by atoms with Crippen molar-refractivity contribution in [2.45, 2.75) is 25.4 Å². The first-order valence-corrected chi connectivity index (χ1v) is 11.8. The van der Waals surface area contributed by atoms with Gasteiger partial charge in [-0.25, -0.2) is 4.39 Å². The maximum Gasteiger partial charge on any atom is 0.253 e. The molecule has 0 aliphatic rings. The summed E-state index contributed by atoms with van der Waals surface area (Å²) >= 11 is 0. The molecule has 1 atom stereocenters. The summed E-state index contributed by atoms with van der Waals surface area (Å²) in [5, 5.41) is 5.62. The van der Waals surface area contributed by atoms with Gasteiger partial charge in [0.1, 0.15) is 6.04 Å². The van der Waals surface area contributed by atoms with Crippen LogP contribution in [0.4, 0.5) is 4.39 Å². The molecule has 10 heteroatoms. The van der Waals surface area contributed by atoms with Crippen molar-refractivity contribution >= 4 is 17.8 Å². The number of aliphatic imine (C=N–C) groups is 1. The Morgan fingerprint density at radius 2 is 1.53 bits per heavy atom. The van der Waals surface area contributed by atoms with Crippen LogP contribution < -0.4 is 30.6 Å². The molecule has 3 aromatic carbocycles. The number of rotatable bonds is 11. The van der Waals surface area contributed by atoms with Gasteiger partial charge in [0.25, 0.3) is 5.91 Å². The van der Waals surface area contributed by atoms with Gasteiger partial charge in [0, 0.05) is 13.0 Å². The molecule has 0 aromatic heterocycles. The molecule has 3 rings (SSSR count). The molecule has 0 heterocycles. The number of methoxy groups -OCH3 is 3. The highest BCUT2D eigenvalue weighted by molar-refractivity contribution is 5.95. The summed E-state index contributed by atoms with van der Waals surface area (Å²) in [6.07, 6.45) is 0.255. The van der Waals surface area contributed by atoms with Gasteiger partial charge in [-0.05, 0) is 41.0 Å². The number of benzene rings is 3. The zero-order chi connectivity index (χ0) is 27.5. The third-order valence-corrected chi connectivity index (χ3v) is 5.65. The van der Waals surface area contributed by atoms with Gasteiger partial charge in [-0.15, -0.1) is 0 Å². The maximum atomic E-state index is 14.0. The Hall–Kier alpha value is -4.60. The minimum atomic E-state index is -0.835. The molecule has 0 saturated carbocycles. The van der Waals surface area contributed by atoms with Gasteiger partial charge in [0.2, 0.25) is 5.91 Å². The quantitative estimate of drug-likeness (QED) is 0.261. The van der Waals surface area contributed by atoms with Crippen LogP contribution in [0.15, 0.2) is 71.7 Å². The molecule has 0 aliphatic heterocycles. The summed E-state index contributed by atoms with van der Waals surface area (Å²) in [5.41, 5.74) is 8.11. The highest BCUT2D eigenvalue weighted by Gasteiger charge is 2.20. The third-order valence-electron chi connectivity index (χ3n) is 5.65. The minimum absolute atomic E-state index is 0.0265. The van der Waals surface area contributed by atoms with Gasteiger partial charge < -0.3 is 30.6 Å². The van der Waals surface area contributed by atoms with E-state index in [0.29, 0.717) is 22.6 Å². The topological polar surface area (TPSA) is 124 Å². The van der Waals surface area contributed by atoms with Crippen molar-refractivity contribution in [2.75, 3.05) is 21.3 Å². The lowest BCUT2D eigenvalue weighted by molar-refractivity contribution is -0.123. The minimum Gasteiger partial charge on any atom is -0.494 e. The molecule has 3 aromatic rings. The number of hydrogen-bond donors (Lipinski definition) is 3. The standard InChI is InChI=1S/C28H31FN4O5/c1-36-23-11-10-20(13-21(23)29)17-31-27(35)22(14-18-7-5-4-6-8-18)32-28(30)33-26(34)16-19-9-12-24(37-2)25(15-19)38-3/h4-13,15,22H,14,16-17H2,1-3H3,(H,31,35)(H3,30,32,33,34). The van der Waals surface area contributed by atoms with Crippen molar-refractivity contribution in [3.63, 3.8) is 0 Å². The normalized spacial score (nSPS) is 11.8. The number of halogens is 1. The third kappa shape index (κ3) is 7.95. The summed E-state index contributed by atoms with van der Waals surface area (Å²) in [6, 6.07) is 18.0. The Morgan fingerprint density at radius 1 is 0.868 bits per heavy atom. The fourth-order valence-electron chi connectivity index (χ4n) is 3.74. The van der Waals surface area contributed by atoms with Gasteiger partial charge >= 0.3 is 0 Å². The summed E-state index contributed by atoms with van der Waals surface area (Å²) in [6.45, 7) is 0.0853. The number of ether oxygens (including phenoxy) is 3. The molecule has 0 saturated heterocycles. The monoisotopic (exact) mass is 522 g/mol. The van der Waals surface area contributed by atoms with Crippen LogP contribution >= 0.6 is 0 Å². The highest BCUT2D eigenvalue weighted by atomic mass is 19.1. The molecule has 200 valence electrons. The smallest absolute Gasteiger partial charge is 0.253 e. The van der Waals surface area contributed by atoms with Crippen LogP contribution in [0.3, 0.4) is 0 Å². The van der Waals surface area contributed by atoms with E-state index in [9.17, 15) is 14.0 Å². The predicted molar refractivity (Wildman–Crippen MR) is 142 cm³/mol. The number of amides is 2. The van der Waals surface area contributed by atoms with Crippen LogP contribution in [0.2, 0.25) is 0 Å². The summed E-state index contributed by atoms with van der Waals surface area (Å²) in [5.74, 6) is -0.467. The number of nitrogens with one attached hydrogen (secondary N) is 2. The van der Waals surface area contributed by atoms with Crippen molar-refractivity contribution in [1.29, 1.82) is 0 Å². The number of nitrogens with two attached hydrogens (primary N) is 1. The summed E-state index contributed by atoms with van der Waals surface area (Å²) in [7, 11) is 4.41. The first-order chi connectivity index (χ1) is 18.3. The van der Waals surface area contributed by atoms with Crippen molar-refractivity contribution < 1.29 is 28.2 Å². The molecular formula is C28H31FN4O5. The second-order valence-electron chi connectivity index (χ2n) is 8.33. The number of hydrogen-bond acceptors (Lipinski definition) is 5. The van der Waals surface area contributed by atoms with E-state index in [4.69, 9.17) is 19.9 Å². The second-order valence-corrected chi connectivity index (χ2v) is 8.33. The van der Waals surface area contributed by atoms with E-state index in [1.807, 2.05) is 30.3 Å². The first kappa shape index (κ1) is 28.0. The van der Waals surface area contributed by atoms with Crippen molar-refractivity contribution in [3.8, 4) is 17.2 Å². The van der Waals surface area contributed by atoms with Crippen molar-refractivity contribution in [3.05, 3.63) is 89.2 Å². The molecule has 0 spiro atoms. The average molecular weight is 523 g/mol. The molecule has 1 unspecified atom stereocenters. The first-order valence-electron chi connectivity index (χ1n) is 11.8.